The Morgan fingerprint density at radius 2 is 2.00 bits per heavy atom. The van der Waals surface area contributed by atoms with Gasteiger partial charge in [-0.3, -0.25) is 10.3 Å². The van der Waals surface area contributed by atoms with Crippen LogP contribution in [0.3, 0.4) is 0 Å². The molecule has 0 amide bonds. The molecule has 3 aromatic rings. The van der Waals surface area contributed by atoms with Crippen LogP contribution in [0.25, 0.3) is 10.9 Å². The van der Waals surface area contributed by atoms with Crippen molar-refractivity contribution in [2.24, 2.45) is 16.3 Å². The second-order valence-corrected chi connectivity index (χ2v) is 11.3. The lowest BCUT2D eigenvalue weighted by atomic mass is 9.93. The van der Waals surface area contributed by atoms with Crippen LogP contribution in [-0.2, 0) is 0 Å². The van der Waals surface area contributed by atoms with Gasteiger partial charge in [0.05, 0.1) is 18.3 Å². The Morgan fingerprint density at radius 3 is 2.74 bits per heavy atom. The van der Waals surface area contributed by atoms with E-state index in [9.17, 15) is 5.11 Å². The van der Waals surface area contributed by atoms with E-state index in [-0.39, 0.29) is 11.6 Å². The molecule has 0 radical (unpaired) electrons. The molecule has 4 rings (SSSR count). The Bertz CT molecular complexity index is 1330. The maximum absolute atomic E-state index is 10.1. The predicted molar refractivity (Wildman–Crippen MR) is 157 cm³/mol. The summed E-state index contributed by atoms with van der Waals surface area (Å²) in [5, 5.41) is 19.4. The maximum atomic E-state index is 10.1. The summed E-state index contributed by atoms with van der Waals surface area (Å²) in [6, 6.07) is 11.6. The Morgan fingerprint density at radius 1 is 1.21 bits per heavy atom. The first-order chi connectivity index (χ1) is 18.7. The number of fused-ring (bicyclic) bond motifs is 1. The molecule has 1 aliphatic rings. The van der Waals surface area contributed by atoms with Gasteiger partial charge in [-0.25, -0.2) is 9.97 Å². The number of nitrogens with zero attached hydrogens (tertiary/aromatic N) is 4. The van der Waals surface area contributed by atoms with Crippen LogP contribution in [0.15, 0.2) is 69.6 Å². The Kier molecular flexibility index (Phi) is 9.50. The summed E-state index contributed by atoms with van der Waals surface area (Å²) in [5.74, 6) is 1.66. The van der Waals surface area contributed by atoms with Crippen LogP contribution in [0.4, 0.5) is 5.69 Å². The lowest BCUT2D eigenvalue weighted by Crippen LogP contribution is -2.44. The Labute approximate surface area is 233 Å². The van der Waals surface area contributed by atoms with E-state index < -0.39 is 5.41 Å². The predicted octanol–water partition coefficient (Wildman–Crippen LogP) is 4.25. The van der Waals surface area contributed by atoms with E-state index >= 15 is 0 Å². The SMILES string of the molecule is COc1cc2ncnc(Sc3cccc(NN=C(N)/C=C(\O)C(C)(C)C)c3)c2cc1OCCN1CCNCC1. The van der Waals surface area contributed by atoms with Crippen LogP contribution in [0, 0.1) is 5.41 Å². The van der Waals surface area contributed by atoms with Crippen molar-refractivity contribution in [1.82, 2.24) is 20.2 Å². The van der Waals surface area contributed by atoms with Gasteiger partial charge in [0.15, 0.2) is 11.5 Å². The number of methoxy groups -OCH3 is 1. The third kappa shape index (κ3) is 7.98. The van der Waals surface area contributed by atoms with Crippen molar-refractivity contribution in [3.63, 3.8) is 0 Å². The first-order valence-electron chi connectivity index (χ1n) is 12.9. The number of amidine groups is 1. The molecule has 0 spiro atoms. The number of aromatic nitrogens is 2. The van der Waals surface area contributed by atoms with E-state index in [2.05, 4.69) is 30.7 Å². The fraction of sp³-hybridized carbons (Fsp3) is 0.393. The number of hydrogen-bond acceptors (Lipinski definition) is 10. The maximum Gasteiger partial charge on any atom is 0.162 e. The van der Waals surface area contributed by atoms with Gasteiger partial charge in [-0.2, -0.15) is 5.10 Å². The van der Waals surface area contributed by atoms with Crippen molar-refractivity contribution in [3.05, 3.63) is 54.6 Å². The first-order valence-corrected chi connectivity index (χ1v) is 13.7. The van der Waals surface area contributed by atoms with Crippen molar-refractivity contribution < 1.29 is 14.6 Å². The van der Waals surface area contributed by atoms with E-state index in [0.29, 0.717) is 18.1 Å². The molecule has 0 unspecified atom stereocenters. The molecule has 1 aromatic heterocycles. The van der Waals surface area contributed by atoms with Crippen molar-refractivity contribution in [2.45, 2.75) is 30.7 Å². The number of aliphatic hydroxyl groups is 1. The highest BCUT2D eigenvalue weighted by molar-refractivity contribution is 7.99. The van der Waals surface area contributed by atoms with Gasteiger partial charge in [0.25, 0.3) is 0 Å². The second-order valence-electron chi connectivity index (χ2n) is 10.2. The Balaban J connectivity index is 1.50. The number of nitrogens with one attached hydrogen (secondary N) is 2. The number of hydrogen-bond donors (Lipinski definition) is 4. The third-order valence-corrected chi connectivity index (χ3v) is 7.18. The lowest BCUT2D eigenvalue weighted by molar-refractivity contribution is 0.188. The number of ether oxygens (including phenoxy) is 2. The highest BCUT2D eigenvalue weighted by Gasteiger charge is 2.16. The monoisotopic (exact) mass is 551 g/mol. The largest absolute Gasteiger partial charge is 0.512 e. The van der Waals surface area contributed by atoms with E-state index in [1.54, 1.807) is 13.4 Å². The minimum atomic E-state index is -0.406. The lowest BCUT2D eigenvalue weighted by Gasteiger charge is -2.27. The molecular formula is C28H37N7O3S. The smallest absolute Gasteiger partial charge is 0.162 e. The zero-order chi connectivity index (χ0) is 27.8. The fourth-order valence-electron chi connectivity index (χ4n) is 3.87. The average Bonchev–Trinajstić information content (AvgIpc) is 2.92. The quantitative estimate of drug-likeness (QED) is 0.0954. The molecule has 11 heteroatoms. The van der Waals surface area contributed by atoms with Gasteiger partial charge < -0.3 is 25.6 Å². The molecule has 1 saturated heterocycles. The summed E-state index contributed by atoms with van der Waals surface area (Å²) in [4.78, 5) is 12.3. The number of nitrogens with two attached hydrogens (primary N) is 1. The van der Waals surface area contributed by atoms with E-state index in [1.807, 2.05) is 57.2 Å². The number of hydrazone groups is 1. The highest BCUT2D eigenvalue weighted by atomic mass is 32.2. The number of anilines is 1. The fourth-order valence-corrected chi connectivity index (χ4v) is 4.80. The zero-order valence-electron chi connectivity index (χ0n) is 22.9. The molecule has 2 aromatic carbocycles. The summed E-state index contributed by atoms with van der Waals surface area (Å²) in [6.45, 7) is 11.2. The van der Waals surface area contributed by atoms with Gasteiger partial charge in [0, 0.05) is 60.6 Å². The number of rotatable bonds is 10. The molecule has 5 N–H and O–H groups in total. The van der Waals surface area contributed by atoms with Gasteiger partial charge in [0.2, 0.25) is 0 Å². The van der Waals surface area contributed by atoms with Gasteiger partial charge in [-0.05, 0) is 24.3 Å². The average molecular weight is 552 g/mol. The standard InChI is InChI=1S/C28H37N7O3S/c1-28(2,3)25(36)17-26(29)34-33-19-6-5-7-20(14-19)39-27-21-15-24(23(37-4)16-22(21)31-18-32-27)38-13-12-35-10-8-30-9-11-35/h5-7,14-18,30,33,36H,8-13H2,1-4H3,(H2,29,34)/b25-17-. The van der Waals surface area contributed by atoms with Crippen LogP contribution in [0.2, 0.25) is 0 Å². The van der Waals surface area contributed by atoms with Crippen LogP contribution in [0.1, 0.15) is 20.8 Å². The molecule has 208 valence electrons. The molecule has 1 fully saturated rings. The second kappa shape index (κ2) is 13.0. The number of allylic oxidation sites excluding steroid dienone is 1. The number of benzene rings is 2. The summed E-state index contributed by atoms with van der Waals surface area (Å²) in [7, 11) is 1.63. The molecule has 0 bridgehead atoms. The topological polar surface area (TPSA) is 130 Å². The van der Waals surface area contributed by atoms with Gasteiger partial charge >= 0.3 is 0 Å². The molecule has 0 aliphatic carbocycles. The van der Waals surface area contributed by atoms with Gasteiger partial charge in [0.1, 0.15) is 29.6 Å². The van der Waals surface area contributed by atoms with E-state index in [4.69, 9.17) is 15.2 Å². The number of piperazine rings is 1. The minimum absolute atomic E-state index is 0.161. The van der Waals surface area contributed by atoms with Crippen LogP contribution < -0.4 is 25.9 Å². The summed E-state index contributed by atoms with van der Waals surface area (Å²) < 4.78 is 11.7. The van der Waals surface area contributed by atoms with E-state index in [1.165, 1.54) is 17.8 Å². The molecule has 39 heavy (non-hydrogen) atoms. The van der Waals surface area contributed by atoms with Gasteiger partial charge in [-0.1, -0.05) is 38.6 Å². The van der Waals surface area contributed by atoms with Crippen LogP contribution in [0.5, 0.6) is 11.5 Å². The van der Waals surface area contributed by atoms with Crippen molar-refractivity contribution in [1.29, 1.82) is 0 Å². The first kappa shape index (κ1) is 28.5. The molecule has 0 saturated carbocycles. The minimum Gasteiger partial charge on any atom is -0.512 e. The molecule has 10 nitrogen and oxygen atoms in total. The summed E-state index contributed by atoms with van der Waals surface area (Å²) in [6.07, 6.45) is 3.01. The molecule has 0 atom stereocenters. The third-order valence-electron chi connectivity index (χ3n) is 6.17. The van der Waals surface area contributed by atoms with Crippen LogP contribution >= 0.6 is 11.8 Å². The zero-order valence-corrected chi connectivity index (χ0v) is 23.7. The van der Waals surface area contributed by atoms with Crippen molar-refractivity contribution in [2.75, 3.05) is 51.9 Å². The van der Waals surface area contributed by atoms with E-state index in [0.717, 1.165) is 59.2 Å². The number of aliphatic hydroxyl groups excluding tert-OH is 1. The van der Waals surface area contributed by atoms with Gasteiger partial charge in [-0.15, -0.1) is 0 Å². The Hall–Kier alpha value is -3.54. The summed E-state index contributed by atoms with van der Waals surface area (Å²) in [5.41, 5.74) is 10.0. The molecular weight excluding hydrogens is 514 g/mol. The van der Waals surface area contributed by atoms with Crippen LogP contribution in [-0.4, -0.2) is 72.3 Å². The molecule has 2 heterocycles. The normalized spacial score (nSPS) is 15.4. The molecule has 1 aliphatic heterocycles. The van der Waals surface area contributed by atoms with Crippen molar-refractivity contribution in [3.8, 4) is 11.5 Å². The van der Waals surface area contributed by atoms with Crippen molar-refractivity contribution >= 4 is 34.2 Å². The summed E-state index contributed by atoms with van der Waals surface area (Å²) >= 11 is 1.51. The highest BCUT2D eigenvalue weighted by Crippen LogP contribution is 2.37.